The summed E-state index contributed by atoms with van der Waals surface area (Å²) in [5.74, 6) is 0.456. The van der Waals surface area contributed by atoms with Crippen LogP contribution in [0.15, 0.2) is 0 Å². The van der Waals surface area contributed by atoms with Gasteiger partial charge in [0.1, 0.15) is 0 Å². The quantitative estimate of drug-likeness (QED) is 0.618. The van der Waals surface area contributed by atoms with Gasteiger partial charge in [-0.1, -0.05) is 33.1 Å². The van der Waals surface area contributed by atoms with Crippen molar-refractivity contribution in [3.63, 3.8) is 0 Å². The van der Waals surface area contributed by atoms with E-state index in [0.29, 0.717) is 18.9 Å². The fraction of sp³-hybridized carbons (Fsp3) is 1.00. The molecule has 1 atom stereocenters. The monoisotopic (exact) mass is 251 g/mol. The maximum atomic E-state index is 11.5. The highest BCUT2D eigenvalue weighted by molar-refractivity contribution is 7.89. The zero-order valence-electron chi connectivity index (χ0n) is 10.4. The van der Waals surface area contributed by atoms with E-state index >= 15 is 0 Å². The van der Waals surface area contributed by atoms with Crippen LogP contribution in [0.25, 0.3) is 0 Å². The molecule has 0 amide bonds. The predicted octanol–water partition coefficient (Wildman–Crippen LogP) is 1.50. The molecule has 0 aromatic rings. The van der Waals surface area contributed by atoms with Gasteiger partial charge >= 0.3 is 0 Å². The van der Waals surface area contributed by atoms with Crippen LogP contribution >= 0.6 is 0 Å². The zero-order chi connectivity index (χ0) is 12.4. The van der Waals surface area contributed by atoms with E-state index in [-0.39, 0.29) is 12.4 Å². The Morgan fingerprint density at radius 2 is 1.94 bits per heavy atom. The number of rotatable bonds is 10. The number of sulfonamides is 1. The fourth-order valence-electron chi connectivity index (χ4n) is 1.51. The Bertz CT molecular complexity index is 252. The zero-order valence-corrected chi connectivity index (χ0v) is 11.2. The van der Waals surface area contributed by atoms with Crippen LogP contribution in [0.3, 0.4) is 0 Å². The molecule has 0 aromatic carbocycles. The number of aliphatic hydroxyl groups excluding tert-OH is 1. The average Bonchev–Trinajstić information content (AvgIpc) is 2.27. The molecular weight excluding hydrogens is 226 g/mol. The van der Waals surface area contributed by atoms with Gasteiger partial charge in [0, 0.05) is 13.2 Å². The normalized spacial score (nSPS) is 13.9. The van der Waals surface area contributed by atoms with Crippen LogP contribution in [0, 0.1) is 5.92 Å². The Labute approximate surface area is 99.5 Å². The summed E-state index contributed by atoms with van der Waals surface area (Å²) in [4.78, 5) is 0. The van der Waals surface area contributed by atoms with Crippen LogP contribution in [0.5, 0.6) is 0 Å². The first-order valence-corrected chi connectivity index (χ1v) is 7.79. The molecule has 0 radical (unpaired) electrons. The van der Waals surface area contributed by atoms with Crippen molar-refractivity contribution in [2.24, 2.45) is 5.92 Å². The van der Waals surface area contributed by atoms with Crippen molar-refractivity contribution in [3.05, 3.63) is 0 Å². The SMILES string of the molecule is CCCCC(CC)CNS(=O)(=O)CCCO. The Kier molecular flexibility index (Phi) is 8.89. The number of aliphatic hydroxyl groups is 1. The standard InChI is InChI=1S/C11H25NO3S/c1-3-5-7-11(4-2)10-12-16(14,15)9-6-8-13/h11-13H,3-10H2,1-2H3. The third-order valence-corrected chi connectivity index (χ3v) is 4.14. The molecule has 0 fully saturated rings. The van der Waals surface area contributed by atoms with Crippen LogP contribution in [-0.2, 0) is 10.0 Å². The van der Waals surface area contributed by atoms with E-state index in [0.717, 1.165) is 25.7 Å². The molecule has 0 heterocycles. The van der Waals surface area contributed by atoms with Gasteiger partial charge in [-0.25, -0.2) is 13.1 Å². The van der Waals surface area contributed by atoms with E-state index < -0.39 is 10.0 Å². The van der Waals surface area contributed by atoms with Gasteiger partial charge in [-0.2, -0.15) is 0 Å². The summed E-state index contributed by atoms with van der Waals surface area (Å²) >= 11 is 0. The maximum Gasteiger partial charge on any atom is 0.211 e. The predicted molar refractivity (Wildman–Crippen MR) is 66.8 cm³/mol. The molecular formula is C11H25NO3S. The molecule has 98 valence electrons. The first-order chi connectivity index (χ1) is 7.55. The van der Waals surface area contributed by atoms with Gasteiger partial charge in [-0.3, -0.25) is 0 Å². The van der Waals surface area contributed by atoms with E-state index in [9.17, 15) is 8.42 Å². The third kappa shape index (κ3) is 8.07. The van der Waals surface area contributed by atoms with Crippen molar-refractivity contribution in [3.8, 4) is 0 Å². The Morgan fingerprint density at radius 3 is 2.44 bits per heavy atom. The molecule has 0 spiro atoms. The lowest BCUT2D eigenvalue weighted by Gasteiger charge is -2.15. The third-order valence-electron chi connectivity index (χ3n) is 2.71. The molecule has 2 N–H and O–H groups in total. The number of hydrogen-bond donors (Lipinski definition) is 2. The van der Waals surface area contributed by atoms with E-state index in [1.165, 1.54) is 0 Å². The van der Waals surface area contributed by atoms with E-state index in [1.54, 1.807) is 0 Å². The van der Waals surface area contributed by atoms with Crippen molar-refractivity contribution in [2.45, 2.75) is 46.0 Å². The van der Waals surface area contributed by atoms with Gasteiger partial charge in [0.25, 0.3) is 0 Å². The minimum Gasteiger partial charge on any atom is -0.396 e. The number of unbranched alkanes of at least 4 members (excludes halogenated alkanes) is 1. The molecule has 0 saturated heterocycles. The van der Waals surface area contributed by atoms with Crippen LogP contribution < -0.4 is 4.72 Å². The molecule has 0 rings (SSSR count). The van der Waals surface area contributed by atoms with Crippen LogP contribution in [-0.4, -0.2) is 32.4 Å². The summed E-state index contributed by atoms with van der Waals surface area (Å²) in [6.45, 7) is 4.68. The van der Waals surface area contributed by atoms with Crippen molar-refractivity contribution in [1.29, 1.82) is 0 Å². The summed E-state index contributed by atoms with van der Waals surface area (Å²) in [6.07, 6.45) is 4.68. The summed E-state index contributed by atoms with van der Waals surface area (Å²) in [5.41, 5.74) is 0. The van der Waals surface area contributed by atoms with Gasteiger partial charge in [-0.15, -0.1) is 0 Å². The van der Waals surface area contributed by atoms with Gasteiger partial charge < -0.3 is 5.11 Å². The summed E-state index contributed by atoms with van der Waals surface area (Å²) in [5, 5.41) is 8.58. The summed E-state index contributed by atoms with van der Waals surface area (Å²) in [7, 11) is -3.18. The van der Waals surface area contributed by atoms with Gasteiger partial charge in [0.05, 0.1) is 5.75 Å². The van der Waals surface area contributed by atoms with Gasteiger partial charge in [-0.05, 0) is 18.8 Å². The molecule has 0 bridgehead atoms. The van der Waals surface area contributed by atoms with Gasteiger partial charge in [0.15, 0.2) is 0 Å². The largest absolute Gasteiger partial charge is 0.396 e. The van der Waals surface area contributed by atoms with E-state index in [4.69, 9.17) is 5.11 Å². The van der Waals surface area contributed by atoms with Crippen molar-refractivity contribution < 1.29 is 13.5 Å². The smallest absolute Gasteiger partial charge is 0.211 e. The first-order valence-electron chi connectivity index (χ1n) is 6.13. The van der Waals surface area contributed by atoms with Crippen molar-refractivity contribution >= 4 is 10.0 Å². The van der Waals surface area contributed by atoms with E-state index in [1.807, 2.05) is 0 Å². The molecule has 0 saturated carbocycles. The summed E-state index contributed by atoms with van der Waals surface area (Å²) < 4.78 is 25.5. The van der Waals surface area contributed by atoms with E-state index in [2.05, 4.69) is 18.6 Å². The highest BCUT2D eigenvalue weighted by Crippen LogP contribution is 2.11. The molecule has 4 nitrogen and oxygen atoms in total. The van der Waals surface area contributed by atoms with Crippen molar-refractivity contribution in [2.75, 3.05) is 18.9 Å². The molecule has 1 unspecified atom stereocenters. The lowest BCUT2D eigenvalue weighted by molar-refractivity contribution is 0.295. The van der Waals surface area contributed by atoms with Crippen molar-refractivity contribution in [1.82, 2.24) is 4.72 Å². The number of hydrogen-bond acceptors (Lipinski definition) is 3. The Balaban J connectivity index is 3.90. The fourth-order valence-corrected chi connectivity index (χ4v) is 2.66. The topological polar surface area (TPSA) is 66.4 Å². The highest BCUT2D eigenvalue weighted by atomic mass is 32.2. The van der Waals surface area contributed by atoms with Crippen LogP contribution in [0.1, 0.15) is 46.0 Å². The second-order valence-electron chi connectivity index (χ2n) is 4.16. The average molecular weight is 251 g/mol. The highest BCUT2D eigenvalue weighted by Gasteiger charge is 2.12. The minimum atomic E-state index is -3.18. The number of nitrogens with one attached hydrogen (secondary N) is 1. The molecule has 5 heteroatoms. The molecule has 0 aromatic heterocycles. The molecule has 0 aliphatic heterocycles. The second-order valence-corrected chi connectivity index (χ2v) is 6.09. The van der Waals surface area contributed by atoms with Crippen LogP contribution in [0.2, 0.25) is 0 Å². The molecule has 0 aliphatic rings. The molecule has 16 heavy (non-hydrogen) atoms. The Hall–Kier alpha value is -0.130. The minimum absolute atomic E-state index is 0.0215. The van der Waals surface area contributed by atoms with Gasteiger partial charge in [0.2, 0.25) is 10.0 Å². The lowest BCUT2D eigenvalue weighted by atomic mass is 10.00. The first kappa shape index (κ1) is 15.9. The maximum absolute atomic E-state index is 11.5. The Morgan fingerprint density at radius 1 is 1.25 bits per heavy atom. The van der Waals surface area contributed by atoms with Crippen LogP contribution in [0.4, 0.5) is 0 Å². The second kappa shape index (κ2) is 8.96. The summed E-state index contributed by atoms with van der Waals surface area (Å²) in [6, 6.07) is 0. The lowest BCUT2D eigenvalue weighted by Crippen LogP contribution is -2.31. The molecule has 0 aliphatic carbocycles.